The monoisotopic (exact) mass is 934 g/mol. The molecule has 3 heterocycles. The summed E-state index contributed by atoms with van der Waals surface area (Å²) in [6.45, 7) is 6.36. The number of aromatic nitrogens is 4. The molecule has 1 aliphatic heterocycles. The van der Waals surface area contributed by atoms with Crippen molar-refractivity contribution in [3.05, 3.63) is 153 Å². The van der Waals surface area contributed by atoms with E-state index in [0.29, 0.717) is 59.2 Å². The molecule has 1 saturated heterocycles. The quantitative estimate of drug-likeness (QED) is 0.0759. The molecule has 0 unspecified atom stereocenters. The summed E-state index contributed by atoms with van der Waals surface area (Å²) >= 11 is 0. The molecule has 0 saturated carbocycles. The Morgan fingerprint density at radius 1 is 0.870 bits per heavy atom. The molecule has 17 heteroatoms. The van der Waals surface area contributed by atoms with Gasteiger partial charge >= 0.3 is 6.09 Å². The van der Waals surface area contributed by atoms with E-state index in [0.717, 1.165) is 29.5 Å². The van der Waals surface area contributed by atoms with E-state index in [4.69, 9.17) is 14.2 Å². The fourth-order valence-corrected chi connectivity index (χ4v) is 7.79. The molecule has 0 radical (unpaired) electrons. The summed E-state index contributed by atoms with van der Waals surface area (Å²) in [5.74, 6) is 0.0968. The highest BCUT2D eigenvalue weighted by Crippen LogP contribution is 2.33. The first-order chi connectivity index (χ1) is 33.3. The number of phenolic OH excluding ortho intramolecular Hbond substituents is 2. The minimum absolute atomic E-state index is 0.0506. The molecule has 2 aromatic heterocycles. The van der Waals surface area contributed by atoms with Crippen molar-refractivity contribution in [2.45, 2.75) is 45.7 Å². The Hall–Kier alpha value is -8.10. The van der Waals surface area contributed by atoms with Crippen LogP contribution in [-0.4, -0.2) is 111 Å². The van der Waals surface area contributed by atoms with Crippen LogP contribution in [0.2, 0.25) is 0 Å². The maximum absolute atomic E-state index is 13.2. The van der Waals surface area contributed by atoms with Gasteiger partial charge < -0.3 is 39.5 Å². The predicted molar refractivity (Wildman–Crippen MR) is 256 cm³/mol. The van der Waals surface area contributed by atoms with E-state index >= 15 is 0 Å². The normalized spacial score (nSPS) is 12.6. The van der Waals surface area contributed by atoms with Crippen LogP contribution in [0.3, 0.4) is 0 Å². The van der Waals surface area contributed by atoms with Gasteiger partial charge in [-0.1, -0.05) is 56.3 Å². The van der Waals surface area contributed by atoms with Gasteiger partial charge in [-0.3, -0.25) is 14.4 Å². The predicted octanol–water partition coefficient (Wildman–Crippen LogP) is 6.77. The molecular weight excluding hydrogens is 881 g/mol. The maximum Gasteiger partial charge on any atom is 0.409 e. The number of aromatic hydroxyl groups is 2. The number of rotatable bonds is 18. The molecule has 0 spiro atoms. The summed E-state index contributed by atoms with van der Waals surface area (Å²) in [5, 5.41) is 37.1. The zero-order chi connectivity index (χ0) is 48.9. The second-order valence-electron chi connectivity index (χ2n) is 17.0. The van der Waals surface area contributed by atoms with E-state index in [1.807, 2.05) is 44.2 Å². The Labute approximate surface area is 399 Å². The smallest absolute Gasteiger partial charge is 0.409 e. The standard InChI is InChI=1S/C52H54N8O9/c1-34(2)43-26-44(47(62)27-46(43)61)51(65)58(3)31-37-8-6-12-41(25-37)50(64)54-17-20-67-21-22-68-52(66)59-18-15-35(16-19-59)33-69-42-29-55-49(56-30-42)40-11-5-9-38(24-40)32-60-48(63)14-13-45(57-60)39-10-4-7-36(23-39)28-53/h4-14,23-27,29-30,34-35,61-62H,15-22,31-33H2,1-3H3,(H,54,64). The zero-order valence-corrected chi connectivity index (χ0v) is 38.7. The summed E-state index contributed by atoms with van der Waals surface area (Å²) in [7, 11) is 1.60. The average Bonchev–Trinajstić information content (AvgIpc) is 3.36. The second kappa shape index (κ2) is 23.1. The summed E-state index contributed by atoms with van der Waals surface area (Å²) in [6, 6.07) is 29.5. The zero-order valence-electron chi connectivity index (χ0n) is 38.7. The Balaban J connectivity index is 0.769. The number of carbonyl (C=O) groups excluding carboxylic acids is 3. The van der Waals surface area contributed by atoms with Crippen molar-refractivity contribution in [1.29, 1.82) is 5.26 Å². The van der Waals surface area contributed by atoms with Gasteiger partial charge in [0.05, 0.1) is 61.6 Å². The fraction of sp³-hybridized carbons (Fsp3) is 0.308. The van der Waals surface area contributed by atoms with Crippen LogP contribution in [0.15, 0.2) is 114 Å². The molecule has 6 aromatic rings. The summed E-state index contributed by atoms with van der Waals surface area (Å²) in [6.07, 6.45) is 4.33. The fourth-order valence-electron chi connectivity index (χ4n) is 7.79. The number of nitriles is 1. The van der Waals surface area contributed by atoms with Crippen LogP contribution in [0.4, 0.5) is 4.79 Å². The van der Waals surface area contributed by atoms with Crippen LogP contribution >= 0.6 is 0 Å². The van der Waals surface area contributed by atoms with E-state index < -0.39 is 12.0 Å². The first kappa shape index (κ1) is 48.8. The van der Waals surface area contributed by atoms with E-state index in [-0.39, 0.29) is 79.8 Å². The number of nitrogens with one attached hydrogen (secondary N) is 1. The van der Waals surface area contributed by atoms with Crippen molar-refractivity contribution >= 4 is 17.9 Å². The van der Waals surface area contributed by atoms with Crippen molar-refractivity contribution in [2.75, 3.05) is 53.1 Å². The van der Waals surface area contributed by atoms with Gasteiger partial charge in [-0.25, -0.2) is 19.4 Å². The molecule has 0 atom stereocenters. The molecule has 17 nitrogen and oxygen atoms in total. The van der Waals surface area contributed by atoms with Gasteiger partial charge in [-0.2, -0.15) is 10.4 Å². The van der Waals surface area contributed by atoms with Crippen LogP contribution in [0, 0.1) is 17.2 Å². The number of piperidine rings is 1. The highest BCUT2D eigenvalue weighted by atomic mass is 16.6. The van der Waals surface area contributed by atoms with Crippen molar-refractivity contribution in [1.82, 2.24) is 34.9 Å². The van der Waals surface area contributed by atoms with Gasteiger partial charge in [-0.15, -0.1) is 0 Å². The van der Waals surface area contributed by atoms with Gasteiger partial charge in [0, 0.05) is 62.0 Å². The third kappa shape index (κ3) is 13.1. The van der Waals surface area contributed by atoms with E-state index in [1.165, 1.54) is 27.8 Å². The lowest BCUT2D eigenvalue weighted by Crippen LogP contribution is -2.40. The molecule has 4 aromatic carbocycles. The SMILES string of the molecule is CC(C)c1cc(C(=O)N(C)Cc2cccc(C(=O)NCCOCCOC(=O)N3CCC(COc4cnc(-c5cccc(Cn6nc(-c7cccc(C#N)c7)ccc6=O)c5)nc4)CC3)c2)c(O)cc1O. The van der Waals surface area contributed by atoms with Gasteiger partial charge in [0.2, 0.25) is 0 Å². The van der Waals surface area contributed by atoms with Crippen molar-refractivity contribution < 1.29 is 38.8 Å². The molecule has 356 valence electrons. The highest BCUT2D eigenvalue weighted by Gasteiger charge is 2.25. The van der Waals surface area contributed by atoms with Gasteiger partial charge in [-0.05, 0) is 83.8 Å². The maximum atomic E-state index is 13.2. The Morgan fingerprint density at radius 2 is 1.61 bits per heavy atom. The topological polar surface area (TPSA) is 222 Å². The van der Waals surface area contributed by atoms with Crippen LogP contribution in [0.1, 0.15) is 75.6 Å². The number of ether oxygens (including phenoxy) is 3. The third-order valence-electron chi connectivity index (χ3n) is 11.6. The molecule has 3 N–H and O–H groups in total. The number of benzene rings is 4. The largest absolute Gasteiger partial charge is 0.508 e. The first-order valence-electron chi connectivity index (χ1n) is 22.7. The van der Waals surface area contributed by atoms with Crippen molar-refractivity contribution in [2.24, 2.45) is 5.92 Å². The average molecular weight is 935 g/mol. The number of hydrogen-bond donors (Lipinski definition) is 3. The molecule has 7 rings (SSSR count). The Morgan fingerprint density at radius 3 is 2.38 bits per heavy atom. The van der Waals surface area contributed by atoms with Crippen molar-refractivity contribution in [3.63, 3.8) is 0 Å². The van der Waals surface area contributed by atoms with Gasteiger partial charge in [0.1, 0.15) is 18.1 Å². The molecule has 0 aliphatic carbocycles. The van der Waals surface area contributed by atoms with Crippen LogP contribution in [-0.2, 0) is 22.6 Å². The molecular formula is C52H54N8O9. The molecule has 3 amide bonds. The van der Waals surface area contributed by atoms with E-state index in [9.17, 15) is 34.7 Å². The lowest BCUT2D eigenvalue weighted by Gasteiger charge is -2.31. The molecule has 0 bridgehead atoms. The molecule has 69 heavy (non-hydrogen) atoms. The Kier molecular flexibility index (Phi) is 16.3. The van der Waals surface area contributed by atoms with Gasteiger partial charge in [0.15, 0.2) is 11.6 Å². The summed E-state index contributed by atoms with van der Waals surface area (Å²) in [5.41, 5.74) is 4.96. The number of carbonyl (C=O) groups is 3. The summed E-state index contributed by atoms with van der Waals surface area (Å²) < 4.78 is 18.4. The number of hydrogen-bond acceptors (Lipinski definition) is 13. The van der Waals surface area contributed by atoms with E-state index in [1.54, 1.807) is 72.9 Å². The van der Waals surface area contributed by atoms with E-state index in [2.05, 4.69) is 26.5 Å². The van der Waals surface area contributed by atoms with Crippen LogP contribution in [0.25, 0.3) is 22.6 Å². The molecule has 1 aliphatic rings. The molecule has 1 fully saturated rings. The highest BCUT2D eigenvalue weighted by molar-refractivity contribution is 5.97. The lowest BCUT2D eigenvalue weighted by molar-refractivity contribution is 0.0469. The lowest BCUT2D eigenvalue weighted by atomic mass is 9.98. The number of phenols is 2. The number of nitrogens with zero attached hydrogens (tertiary/aromatic N) is 7. The minimum atomic E-state index is -0.423. The van der Waals surface area contributed by atoms with Gasteiger partial charge in [0.25, 0.3) is 17.4 Å². The number of amides is 3. The van der Waals surface area contributed by atoms with Crippen LogP contribution in [0.5, 0.6) is 17.2 Å². The van der Waals surface area contributed by atoms with Crippen LogP contribution < -0.4 is 15.6 Å². The minimum Gasteiger partial charge on any atom is -0.508 e. The summed E-state index contributed by atoms with van der Waals surface area (Å²) in [4.78, 5) is 63.6. The second-order valence-corrected chi connectivity index (χ2v) is 17.0. The Bertz CT molecular complexity index is 2870. The first-order valence-corrected chi connectivity index (χ1v) is 22.7. The number of likely N-dealkylation sites (tertiary alicyclic amines) is 1. The van der Waals surface area contributed by atoms with Crippen molar-refractivity contribution in [3.8, 4) is 46.0 Å². The third-order valence-corrected chi connectivity index (χ3v) is 11.6.